The van der Waals surface area contributed by atoms with Crippen LogP contribution in [0, 0.1) is 0 Å². The van der Waals surface area contributed by atoms with Crippen LogP contribution in [0.3, 0.4) is 0 Å². The van der Waals surface area contributed by atoms with Crippen molar-refractivity contribution in [2.75, 3.05) is 5.32 Å². The first-order valence-corrected chi connectivity index (χ1v) is 7.20. The summed E-state index contributed by atoms with van der Waals surface area (Å²) in [6.07, 6.45) is 6.20. The van der Waals surface area contributed by atoms with E-state index in [4.69, 9.17) is 5.73 Å². The minimum Gasteiger partial charge on any atom is -0.340 e. The molecular formula is C16H20N4. The van der Waals surface area contributed by atoms with Gasteiger partial charge in [-0.25, -0.2) is 9.97 Å². The number of nitrogens with zero attached hydrogens (tertiary/aromatic N) is 2. The number of hydrogen-bond donors (Lipinski definition) is 2. The number of anilines is 2. The highest BCUT2D eigenvalue weighted by atomic mass is 15.0. The lowest BCUT2D eigenvalue weighted by molar-refractivity contribution is 0.664. The Bertz CT molecular complexity index is 607. The topological polar surface area (TPSA) is 63.8 Å². The molecule has 0 amide bonds. The maximum Gasteiger partial charge on any atom is 0.137 e. The summed E-state index contributed by atoms with van der Waals surface area (Å²) in [6.45, 7) is 2.00. The standard InChI is InChI=1S/C16H20N4/c1-11(17)12-6-2-5-9-15(12)20-16-13-7-3-4-8-14(13)18-10-19-16/h2,5-6,9-11H,3-4,7-8,17H2,1H3,(H,18,19,20). The monoisotopic (exact) mass is 268 g/mol. The van der Waals surface area contributed by atoms with Crippen LogP contribution in [-0.2, 0) is 12.8 Å². The van der Waals surface area contributed by atoms with E-state index in [9.17, 15) is 0 Å². The van der Waals surface area contributed by atoms with Crippen molar-refractivity contribution in [3.63, 3.8) is 0 Å². The van der Waals surface area contributed by atoms with Crippen molar-refractivity contribution < 1.29 is 0 Å². The van der Waals surface area contributed by atoms with Crippen LogP contribution in [0.4, 0.5) is 11.5 Å². The van der Waals surface area contributed by atoms with Gasteiger partial charge < -0.3 is 11.1 Å². The number of nitrogens with one attached hydrogen (secondary N) is 1. The molecular weight excluding hydrogens is 248 g/mol. The van der Waals surface area contributed by atoms with Gasteiger partial charge in [0.25, 0.3) is 0 Å². The van der Waals surface area contributed by atoms with Crippen LogP contribution >= 0.6 is 0 Å². The predicted octanol–water partition coefficient (Wildman–Crippen LogP) is 3.12. The summed E-state index contributed by atoms with van der Waals surface area (Å²) < 4.78 is 0. The highest BCUT2D eigenvalue weighted by Crippen LogP contribution is 2.29. The van der Waals surface area contributed by atoms with Gasteiger partial charge in [0.15, 0.2) is 0 Å². The number of benzene rings is 1. The molecule has 1 aromatic heterocycles. The maximum atomic E-state index is 6.03. The molecule has 1 aromatic carbocycles. The second kappa shape index (κ2) is 5.59. The quantitative estimate of drug-likeness (QED) is 0.897. The van der Waals surface area contributed by atoms with Gasteiger partial charge in [0, 0.05) is 23.0 Å². The number of fused-ring (bicyclic) bond motifs is 1. The van der Waals surface area contributed by atoms with Crippen molar-refractivity contribution in [1.82, 2.24) is 9.97 Å². The van der Waals surface area contributed by atoms with Crippen molar-refractivity contribution in [1.29, 1.82) is 0 Å². The summed E-state index contributed by atoms with van der Waals surface area (Å²) in [4.78, 5) is 8.83. The first-order valence-electron chi connectivity index (χ1n) is 7.20. The molecule has 3 rings (SSSR count). The Balaban J connectivity index is 1.96. The zero-order valence-corrected chi connectivity index (χ0v) is 11.8. The molecule has 0 radical (unpaired) electrons. The molecule has 1 aliphatic rings. The third kappa shape index (κ3) is 2.51. The lowest BCUT2D eigenvalue weighted by Crippen LogP contribution is -2.12. The predicted molar refractivity (Wildman–Crippen MR) is 81.0 cm³/mol. The van der Waals surface area contributed by atoms with E-state index in [1.54, 1.807) is 6.33 Å². The van der Waals surface area contributed by atoms with Crippen molar-refractivity contribution >= 4 is 11.5 Å². The zero-order chi connectivity index (χ0) is 13.9. The SMILES string of the molecule is CC(N)c1ccccc1Nc1ncnc2c1CCCC2. The third-order valence-electron chi connectivity index (χ3n) is 3.83. The fourth-order valence-corrected chi connectivity index (χ4v) is 2.76. The Kier molecular flexibility index (Phi) is 3.65. The summed E-state index contributed by atoms with van der Waals surface area (Å²) in [6, 6.07) is 8.13. The van der Waals surface area contributed by atoms with E-state index in [0.717, 1.165) is 29.9 Å². The lowest BCUT2D eigenvalue weighted by atomic mass is 9.96. The fraction of sp³-hybridized carbons (Fsp3) is 0.375. The number of para-hydroxylation sites is 1. The molecule has 4 heteroatoms. The molecule has 2 aromatic rings. The summed E-state index contributed by atoms with van der Waals surface area (Å²) in [7, 11) is 0. The lowest BCUT2D eigenvalue weighted by Gasteiger charge is -2.20. The van der Waals surface area contributed by atoms with E-state index >= 15 is 0 Å². The number of aryl methyl sites for hydroxylation is 1. The molecule has 4 nitrogen and oxygen atoms in total. The molecule has 0 fully saturated rings. The largest absolute Gasteiger partial charge is 0.340 e. The van der Waals surface area contributed by atoms with Gasteiger partial charge in [-0.3, -0.25) is 0 Å². The van der Waals surface area contributed by atoms with Crippen LogP contribution < -0.4 is 11.1 Å². The minimum absolute atomic E-state index is 0.00337. The van der Waals surface area contributed by atoms with E-state index in [1.165, 1.54) is 24.1 Å². The van der Waals surface area contributed by atoms with Crippen molar-refractivity contribution in [2.24, 2.45) is 5.73 Å². The Labute approximate surface area is 119 Å². The molecule has 0 bridgehead atoms. The Morgan fingerprint density at radius 1 is 1.15 bits per heavy atom. The summed E-state index contributed by atoms with van der Waals surface area (Å²) in [5.41, 5.74) is 10.6. The summed E-state index contributed by atoms with van der Waals surface area (Å²) >= 11 is 0. The van der Waals surface area contributed by atoms with Gasteiger partial charge in [-0.05, 0) is 44.2 Å². The van der Waals surface area contributed by atoms with Gasteiger partial charge in [-0.2, -0.15) is 0 Å². The minimum atomic E-state index is -0.00337. The summed E-state index contributed by atoms with van der Waals surface area (Å²) in [5, 5.41) is 3.45. The Morgan fingerprint density at radius 2 is 1.95 bits per heavy atom. The Hall–Kier alpha value is -1.94. The van der Waals surface area contributed by atoms with Crippen LogP contribution in [0.2, 0.25) is 0 Å². The molecule has 1 aliphatic carbocycles. The Morgan fingerprint density at radius 3 is 2.80 bits per heavy atom. The van der Waals surface area contributed by atoms with Gasteiger partial charge in [0.1, 0.15) is 12.1 Å². The normalized spacial score (nSPS) is 15.5. The molecule has 104 valence electrons. The van der Waals surface area contributed by atoms with E-state index in [2.05, 4.69) is 27.4 Å². The maximum absolute atomic E-state index is 6.03. The molecule has 0 saturated heterocycles. The van der Waals surface area contributed by atoms with Gasteiger partial charge >= 0.3 is 0 Å². The number of hydrogen-bond acceptors (Lipinski definition) is 4. The van der Waals surface area contributed by atoms with Crippen LogP contribution in [0.15, 0.2) is 30.6 Å². The fourth-order valence-electron chi connectivity index (χ4n) is 2.76. The van der Waals surface area contributed by atoms with E-state index < -0.39 is 0 Å². The average Bonchev–Trinajstić information content (AvgIpc) is 2.48. The molecule has 1 heterocycles. The molecule has 3 N–H and O–H groups in total. The number of rotatable bonds is 3. The second-order valence-electron chi connectivity index (χ2n) is 5.36. The molecule has 20 heavy (non-hydrogen) atoms. The van der Waals surface area contributed by atoms with Crippen LogP contribution in [-0.4, -0.2) is 9.97 Å². The average molecular weight is 268 g/mol. The smallest absolute Gasteiger partial charge is 0.137 e. The van der Waals surface area contributed by atoms with E-state index in [1.807, 2.05) is 19.1 Å². The van der Waals surface area contributed by atoms with Crippen molar-refractivity contribution in [2.45, 2.75) is 38.6 Å². The zero-order valence-electron chi connectivity index (χ0n) is 11.8. The highest BCUT2D eigenvalue weighted by Gasteiger charge is 2.16. The van der Waals surface area contributed by atoms with Crippen molar-refractivity contribution in [3.05, 3.63) is 47.4 Å². The molecule has 0 saturated carbocycles. The molecule has 1 atom stereocenters. The molecule has 0 spiro atoms. The van der Waals surface area contributed by atoms with E-state index in [0.29, 0.717) is 0 Å². The molecule has 0 aliphatic heterocycles. The van der Waals surface area contributed by atoms with Crippen LogP contribution in [0.25, 0.3) is 0 Å². The van der Waals surface area contributed by atoms with Crippen LogP contribution in [0.1, 0.15) is 42.6 Å². The second-order valence-corrected chi connectivity index (χ2v) is 5.36. The first-order chi connectivity index (χ1) is 9.75. The molecule has 1 unspecified atom stereocenters. The van der Waals surface area contributed by atoms with E-state index in [-0.39, 0.29) is 6.04 Å². The van der Waals surface area contributed by atoms with Gasteiger partial charge in [-0.1, -0.05) is 18.2 Å². The van der Waals surface area contributed by atoms with Crippen molar-refractivity contribution in [3.8, 4) is 0 Å². The first kappa shape index (κ1) is 13.1. The summed E-state index contributed by atoms with van der Waals surface area (Å²) in [5.74, 6) is 0.933. The van der Waals surface area contributed by atoms with Gasteiger partial charge in [0.05, 0.1) is 0 Å². The number of nitrogens with two attached hydrogens (primary N) is 1. The van der Waals surface area contributed by atoms with Crippen LogP contribution in [0.5, 0.6) is 0 Å². The third-order valence-corrected chi connectivity index (χ3v) is 3.83. The number of aromatic nitrogens is 2. The van der Waals surface area contributed by atoms with Gasteiger partial charge in [0.2, 0.25) is 0 Å². The van der Waals surface area contributed by atoms with Gasteiger partial charge in [-0.15, -0.1) is 0 Å². The highest BCUT2D eigenvalue weighted by molar-refractivity contribution is 5.64.